The zero-order valence-corrected chi connectivity index (χ0v) is 16.9. The second kappa shape index (κ2) is 8.94. The van der Waals surface area contributed by atoms with E-state index in [0.717, 1.165) is 32.1 Å². The molecule has 8 heteroatoms. The maximum Gasteiger partial charge on any atom is 0.338 e. The highest BCUT2D eigenvalue weighted by Gasteiger charge is 2.38. The molecule has 2 aliphatic rings. The summed E-state index contributed by atoms with van der Waals surface area (Å²) in [6.07, 6.45) is 5.38. The zero-order valence-electron chi connectivity index (χ0n) is 16.1. The van der Waals surface area contributed by atoms with E-state index in [2.05, 4.69) is 0 Å². The number of hydrogen-bond donors (Lipinski definition) is 0. The van der Waals surface area contributed by atoms with Gasteiger partial charge in [-0.15, -0.1) is 0 Å². The number of rotatable bonds is 6. The van der Waals surface area contributed by atoms with Crippen molar-refractivity contribution >= 4 is 21.7 Å². The Bertz CT molecular complexity index is 798. The van der Waals surface area contributed by atoms with E-state index < -0.39 is 15.8 Å². The summed E-state index contributed by atoms with van der Waals surface area (Å²) in [5.41, 5.74) is 0.335. The first-order valence-corrected chi connectivity index (χ1v) is 11.5. The molecule has 1 saturated carbocycles. The van der Waals surface area contributed by atoms with Crippen LogP contribution in [0.15, 0.2) is 24.3 Å². The van der Waals surface area contributed by atoms with Crippen molar-refractivity contribution in [3.63, 3.8) is 0 Å². The molecule has 154 valence electrons. The van der Waals surface area contributed by atoms with Gasteiger partial charge in [0.1, 0.15) is 5.75 Å². The van der Waals surface area contributed by atoms with Gasteiger partial charge >= 0.3 is 5.97 Å². The van der Waals surface area contributed by atoms with Crippen LogP contribution in [0, 0.1) is 0 Å². The molecule has 0 bridgehead atoms. The van der Waals surface area contributed by atoms with E-state index >= 15 is 0 Å². The monoisotopic (exact) mass is 409 g/mol. The van der Waals surface area contributed by atoms with Gasteiger partial charge in [-0.25, -0.2) is 13.2 Å². The summed E-state index contributed by atoms with van der Waals surface area (Å²) in [5.74, 6) is -0.158. The molecule has 0 unspecified atom stereocenters. The smallest absolute Gasteiger partial charge is 0.338 e. The Labute approximate surface area is 165 Å². The fourth-order valence-electron chi connectivity index (χ4n) is 4.07. The number of sulfone groups is 1. The fraction of sp³-hybridized carbons (Fsp3) is 0.600. The Balaban J connectivity index is 1.65. The van der Waals surface area contributed by atoms with Gasteiger partial charge in [-0.05, 0) is 43.5 Å². The van der Waals surface area contributed by atoms with Gasteiger partial charge in [0.2, 0.25) is 0 Å². The van der Waals surface area contributed by atoms with Gasteiger partial charge < -0.3 is 14.4 Å². The van der Waals surface area contributed by atoms with E-state index in [4.69, 9.17) is 9.47 Å². The molecule has 28 heavy (non-hydrogen) atoms. The standard InChI is InChI=1S/C20H27NO6S/c1-26-18-9-7-15(8-10-18)20(23)27-13-19(22)21(16-5-3-2-4-6-16)17-11-12-28(24,25)14-17/h7-10,16-17H,2-6,11-14H2,1H3/t17-/m0/s1. The van der Waals surface area contributed by atoms with Crippen LogP contribution in [0.4, 0.5) is 0 Å². The zero-order chi connectivity index (χ0) is 20.1. The highest BCUT2D eigenvalue weighted by Crippen LogP contribution is 2.28. The van der Waals surface area contributed by atoms with Gasteiger partial charge in [-0.3, -0.25) is 4.79 Å². The van der Waals surface area contributed by atoms with Crippen molar-refractivity contribution in [3.05, 3.63) is 29.8 Å². The fourth-order valence-corrected chi connectivity index (χ4v) is 5.78. The van der Waals surface area contributed by atoms with Gasteiger partial charge in [0.05, 0.1) is 24.2 Å². The van der Waals surface area contributed by atoms with Crippen LogP contribution in [0.25, 0.3) is 0 Å². The van der Waals surface area contributed by atoms with Crippen molar-refractivity contribution in [1.82, 2.24) is 4.90 Å². The Morgan fingerprint density at radius 2 is 1.71 bits per heavy atom. The van der Waals surface area contributed by atoms with Crippen molar-refractivity contribution in [2.75, 3.05) is 25.2 Å². The van der Waals surface area contributed by atoms with Gasteiger partial charge in [-0.2, -0.15) is 0 Å². The average Bonchev–Trinajstić information content (AvgIpc) is 3.06. The second-order valence-corrected chi connectivity index (χ2v) is 9.68. The quantitative estimate of drug-likeness (QED) is 0.669. The van der Waals surface area contributed by atoms with E-state index in [1.54, 1.807) is 29.2 Å². The lowest BCUT2D eigenvalue weighted by atomic mass is 9.93. The highest BCUT2D eigenvalue weighted by atomic mass is 32.2. The predicted molar refractivity (Wildman–Crippen MR) is 104 cm³/mol. The average molecular weight is 410 g/mol. The van der Waals surface area contributed by atoms with Crippen LogP contribution in [0.3, 0.4) is 0 Å². The van der Waals surface area contributed by atoms with Crippen LogP contribution in [0.1, 0.15) is 48.9 Å². The van der Waals surface area contributed by atoms with Crippen LogP contribution >= 0.6 is 0 Å². The molecule has 1 aliphatic heterocycles. The normalized spacial score (nSPS) is 21.8. The number of esters is 1. The van der Waals surface area contributed by atoms with Gasteiger partial charge in [-0.1, -0.05) is 19.3 Å². The van der Waals surface area contributed by atoms with Crippen molar-refractivity contribution in [3.8, 4) is 5.75 Å². The number of amides is 1. The third-order valence-corrected chi connectivity index (χ3v) is 7.26. The van der Waals surface area contributed by atoms with Gasteiger partial charge in [0.25, 0.3) is 5.91 Å². The molecule has 0 aromatic heterocycles. The minimum absolute atomic E-state index is 0.00165. The lowest BCUT2D eigenvalue weighted by Gasteiger charge is -2.38. The number of carbonyl (C=O) groups is 2. The first kappa shape index (κ1) is 20.6. The van der Waals surface area contributed by atoms with Crippen molar-refractivity contribution in [2.45, 2.75) is 50.6 Å². The highest BCUT2D eigenvalue weighted by molar-refractivity contribution is 7.91. The Morgan fingerprint density at radius 3 is 2.29 bits per heavy atom. The molecule has 7 nitrogen and oxygen atoms in total. The molecule has 1 heterocycles. The summed E-state index contributed by atoms with van der Waals surface area (Å²) in [4.78, 5) is 26.9. The van der Waals surface area contributed by atoms with Crippen LogP contribution in [0.2, 0.25) is 0 Å². The molecule has 0 N–H and O–H groups in total. The van der Waals surface area contributed by atoms with Crippen LogP contribution in [-0.2, 0) is 19.4 Å². The summed E-state index contributed by atoms with van der Waals surface area (Å²) in [5, 5.41) is 0. The summed E-state index contributed by atoms with van der Waals surface area (Å²) in [6, 6.07) is 6.16. The molecular weight excluding hydrogens is 382 g/mol. The second-order valence-electron chi connectivity index (χ2n) is 7.45. The van der Waals surface area contributed by atoms with Crippen molar-refractivity contribution < 1.29 is 27.5 Å². The van der Waals surface area contributed by atoms with E-state index in [9.17, 15) is 18.0 Å². The van der Waals surface area contributed by atoms with E-state index in [0.29, 0.717) is 17.7 Å². The van der Waals surface area contributed by atoms with Crippen molar-refractivity contribution in [1.29, 1.82) is 0 Å². The molecule has 3 rings (SSSR count). The SMILES string of the molecule is COc1ccc(C(=O)OCC(=O)N(C2CCCCC2)[C@H]2CCS(=O)(=O)C2)cc1. The minimum atomic E-state index is -3.11. The number of methoxy groups -OCH3 is 1. The van der Waals surface area contributed by atoms with Crippen LogP contribution < -0.4 is 4.74 Å². The molecule has 0 radical (unpaired) electrons. The van der Waals surface area contributed by atoms with E-state index in [1.807, 2.05) is 0 Å². The summed E-state index contributed by atoms with van der Waals surface area (Å²) in [7, 11) is -1.57. The number of benzene rings is 1. The molecule has 1 aromatic rings. The third-order valence-electron chi connectivity index (χ3n) is 5.51. The molecule has 1 aliphatic carbocycles. The van der Waals surface area contributed by atoms with E-state index in [-0.39, 0.29) is 36.1 Å². The number of nitrogens with zero attached hydrogens (tertiary/aromatic N) is 1. The lowest BCUT2D eigenvalue weighted by Crippen LogP contribution is -2.50. The van der Waals surface area contributed by atoms with E-state index in [1.165, 1.54) is 7.11 Å². The predicted octanol–water partition coefficient (Wildman–Crippen LogP) is 2.20. The van der Waals surface area contributed by atoms with Gasteiger partial charge in [0.15, 0.2) is 16.4 Å². The first-order chi connectivity index (χ1) is 13.4. The molecule has 1 atom stereocenters. The topological polar surface area (TPSA) is 90.0 Å². The first-order valence-electron chi connectivity index (χ1n) is 9.72. The number of ether oxygens (including phenoxy) is 2. The van der Waals surface area contributed by atoms with Crippen LogP contribution in [-0.4, -0.2) is 62.5 Å². The largest absolute Gasteiger partial charge is 0.497 e. The molecule has 1 saturated heterocycles. The molecular formula is C20H27NO6S. The summed E-state index contributed by atoms with van der Waals surface area (Å²) >= 11 is 0. The minimum Gasteiger partial charge on any atom is -0.497 e. The Kier molecular flexibility index (Phi) is 6.59. The Morgan fingerprint density at radius 1 is 1.04 bits per heavy atom. The maximum atomic E-state index is 12.9. The van der Waals surface area contributed by atoms with Crippen molar-refractivity contribution in [2.24, 2.45) is 0 Å². The number of hydrogen-bond acceptors (Lipinski definition) is 6. The number of carbonyl (C=O) groups excluding carboxylic acids is 2. The molecule has 1 amide bonds. The molecule has 1 aromatic carbocycles. The van der Waals surface area contributed by atoms with Crippen LogP contribution in [0.5, 0.6) is 5.75 Å². The summed E-state index contributed by atoms with van der Waals surface area (Å²) < 4.78 is 34.1. The van der Waals surface area contributed by atoms with Gasteiger partial charge in [0, 0.05) is 12.1 Å². The lowest BCUT2D eigenvalue weighted by molar-refractivity contribution is -0.140. The molecule has 0 spiro atoms. The maximum absolute atomic E-state index is 12.9. The Hall–Kier alpha value is -2.09. The molecule has 2 fully saturated rings. The third kappa shape index (κ3) is 5.04. The summed E-state index contributed by atoms with van der Waals surface area (Å²) in [6.45, 7) is -0.377.